The molecule has 6 nitrogen and oxygen atoms in total. The third-order valence-electron chi connectivity index (χ3n) is 2.71. The highest BCUT2D eigenvalue weighted by atomic mass is 16.7. The second kappa shape index (κ2) is 5.79. The molecule has 0 saturated heterocycles. The molecule has 1 N–H and O–H groups in total. The van der Waals surface area contributed by atoms with Crippen LogP contribution >= 0.6 is 0 Å². The van der Waals surface area contributed by atoms with Gasteiger partial charge in [-0.3, -0.25) is 9.48 Å². The topological polar surface area (TPSA) is 65.4 Å². The predicted octanol–water partition coefficient (Wildman–Crippen LogP) is 0.466. The van der Waals surface area contributed by atoms with E-state index in [2.05, 4.69) is 10.4 Å². The summed E-state index contributed by atoms with van der Waals surface area (Å²) in [4.78, 5) is 12.0. The van der Waals surface area contributed by atoms with E-state index < -0.39 is 6.29 Å². The fourth-order valence-electron chi connectivity index (χ4n) is 1.58. The first-order valence-corrected chi connectivity index (χ1v) is 5.36. The van der Waals surface area contributed by atoms with Gasteiger partial charge in [-0.2, -0.15) is 5.10 Å². The molecule has 17 heavy (non-hydrogen) atoms. The number of nitrogens with zero attached hydrogens (tertiary/aromatic N) is 2. The second-order valence-corrected chi connectivity index (χ2v) is 3.87. The standard InChI is InChI=1S/C11H19N3O3/c1-7(11(16-4)17-5)13-10(15)9-6-12-14(3)8(9)2/h6-7,11H,1-5H3,(H,13,15). The lowest BCUT2D eigenvalue weighted by atomic mass is 10.2. The summed E-state index contributed by atoms with van der Waals surface area (Å²) in [5.74, 6) is -0.179. The van der Waals surface area contributed by atoms with E-state index in [-0.39, 0.29) is 11.9 Å². The molecule has 0 saturated carbocycles. The fourth-order valence-corrected chi connectivity index (χ4v) is 1.58. The third-order valence-corrected chi connectivity index (χ3v) is 2.71. The van der Waals surface area contributed by atoms with Gasteiger partial charge in [0, 0.05) is 27.0 Å². The largest absolute Gasteiger partial charge is 0.354 e. The number of aryl methyl sites for hydroxylation is 1. The molecule has 0 radical (unpaired) electrons. The van der Waals surface area contributed by atoms with Crippen molar-refractivity contribution < 1.29 is 14.3 Å². The Bertz CT molecular complexity index is 385. The van der Waals surface area contributed by atoms with Gasteiger partial charge in [-0.05, 0) is 13.8 Å². The van der Waals surface area contributed by atoms with Gasteiger partial charge in [-0.15, -0.1) is 0 Å². The first-order valence-electron chi connectivity index (χ1n) is 5.36. The van der Waals surface area contributed by atoms with E-state index in [9.17, 15) is 4.79 Å². The molecule has 1 unspecified atom stereocenters. The highest BCUT2D eigenvalue weighted by Crippen LogP contribution is 2.07. The first kappa shape index (κ1) is 13.7. The van der Waals surface area contributed by atoms with Gasteiger partial charge in [0.05, 0.1) is 17.8 Å². The number of nitrogens with one attached hydrogen (secondary N) is 1. The highest BCUT2D eigenvalue weighted by Gasteiger charge is 2.20. The van der Waals surface area contributed by atoms with Gasteiger partial charge in [-0.1, -0.05) is 0 Å². The van der Waals surface area contributed by atoms with Crippen LogP contribution in [-0.4, -0.2) is 42.2 Å². The van der Waals surface area contributed by atoms with Gasteiger partial charge < -0.3 is 14.8 Å². The Hall–Kier alpha value is -1.40. The lowest BCUT2D eigenvalue weighted by Crippen LogP contribution is -2.43. The average Bonchev–Trinajstić information content (AvgIpc) is 2.61. The van der Waals surface area contributed by atoms with Crippen molar-refractivity contribution in [1.82, 2.24) is 15.1 Å². The smallest absolute Gasteiger partial charge is 0.255 e. The number of carbonyl (C=O) groups excluding carboxylic acids is 1. The molecule has 0 aromatic carbocycles. The number of rotatable bonds is 5. The van der Waals surface area contributed by atoms with Crippen LogP contribution in [0.2, 0.25) is 0 Å². The van der Waals surface area contributed by atoms with Crippen LogP contribution in [0.15, 0.2) is 6.20 Å². The zero-order chi connectivity index (χ0) is 13.0. The molecular weight excluding hydrogens is 222 g/mol. The number of methoxy groups -OCH3 is 2. The van der Waals surface area contributed by atoms with Crippen LogP contribution in [0, 0.1) is 6.92 Å². The van der Waals surface area contributed by atoms with Gasteiger partial charge >= 0.3 is 0 Å². The van der Waals surface area contributed by atoms with Crippen molar-refractivity contribution in [3.8, 4) is 0 Å². The maximum atomic E-state index is 12.0. The molecule has 0 aliphatic carbocycles. The van der Waals surface area contributed by atoms with Crippen LogP contribution in [0.25, 0.3) is 0 Å². The maximum Gasteiger partial charge on any atom is 0.255 e. The summed E-state index contributed by atoms with van der Waals surface area (Å²) in [5, 5.41) is 6.83. The minimum atomic E-state index is -0.462. The molecule has 1 atom stereocenters. The van der Waals surface area contributed by atoms with E-state index in [0.29, 0.717) is 5.56 Å². The monoisotopic (exact) mass is 241 g/mol. The van der Waals surface area contributed by atoms with Crippen LogP contribution in [0.4, 0.5) is 0 Å². The van der Waals surface area contributed by atoms with Gasteiger partial charge in [0.1, 0.15) is 0 Å². The minimum absolute atomic E-state index is 0.179. The van der Waals surface area contributed by atoms with Gasteiger partial charge in [0.25, 0.3) is 5.91 Å². The molecule has 96 valence electrons. The number of aromatic nitrogens is 2. The molecule has 6 heteroatoms. The molecule has 0 aliphatic rings. The van der Waals surface area contributed by atoms with E-state index in [0.717, 1.165) is 5.69 Å². The first-order chi connectivity index (χ1) is 8.01. The van der Waals surface area contributed by atoms with Crippen molar-refractivity contribution in [3.63, 3.8) is 0 Å². The number of ether oxygens (including phenoxy) is 2. The zero-order valence-corrected chi connectivity index (χ0v) is 10.9. The third kappa shape index (κ3) is 3.04. The Morgan fingerprint density at radius 1 is 1.47 bits per heavy atom. The molecule has 1 rings (SSSR count). The quantitative estimate of drug-likeness (QED) is 0.761. The van der Waals surface area contributed by atoms with E-state index in [1.165, 1.54) is 14.2 Å². The Balaban J connectivity index is 2.69. The Morgan fingerprint density at radius 2 is 2.06 bits per heavy atom. The SMILES string of the molecule is COC(OC)C(C)NC(=O)c1cnn(C)c1C. The minimum Gasteiger partial charge on any atom is -0.354 e. The maximum absolute atomic E-state index is 12.0. The normalized spacial score (nSPS) is 12.8. The summed E-state index contributed by atoms with van der Waals surface area (Å²) in [6.07, 6.45) is 1.09. The summed E-state index contributed by atoms with van der Waals surface area (Å²) >= 11 is 0. The fraction of sp³-hybridized carbons (Fsp3) is 0.636. The molecule has 0 aliphatic heterocycles. The van der Waals surface area contributed by atoms with Crippen LogP contribution in [0.1, 0.15) is 23.0 Å². The van der Waals surface area contributed by atoms with Gasteiger partial charge in [0.15, 0.2) is 6.29 Å². The van der Waals surface area contributed by atoms with Gasteiger partial charge in [-0.25, -0.2) is 0 Å². The molecule has 1 aromatic rings. The number of amides is 1. The number of hydrogen-bond acceptors (Lipinski definition) is 4. The molecule has 1 aromatic heterocycles. The van der Waals surface area contributed by atoms with E-state index >= 15 is 0 Å². The average molecular weight is 241 g/mol. The number of carbonyl (C=O) groups is 1. The van der Waals surface area contributed by atoms with Crippen molar-refractivity contribution in [2.24, 2.45) is 7.05 Å². The molecule has 0 spiro atoms. The zero-order valence-electron chi connectivity index (χ0n) is 10.9. The Labute approximate surface area is 101 Å². The highest BCUT2D eigenvalue weighted by molar-refractivity contribution is 5.95. The molecule has 1 amide bonds. The van der Waals surface area contributed by atoms with Crippen LogP contribution in [-0.2, 0) is 16.5 Å². The summed E-state index contributed by atoms with van der Waals surface area (Å²) in [6.45, 7) is 3.66. The van der Waals surface area contributed by atoms with Crippen molar-refractivity contribution in [2.75, 3.05) is 14.2 Å². The van der Waals surface area contributed by atoms with Crippen LogP contribution in [0.3, 0.4) is 0 Å². The summed E-state index contributed by atoms with van der Waals surface area (Å²) in [6, 6.07) is -0.239. The predicted molar refractivity (Wildman–Crippen MR) is 62.7 cm³/mol. The van der Waals surface area contributed by atoms with Crippen molar-refractivity contribution in [3.05, 3.63) is 17.5 Å². The Kier molecular flexibility index (Phi) is 4.65. The summed E-state index contributed by atoms with van der Waals surface area (Å²) in [7, 11) is 4.86. The van der Waals surface area contributed by atoms with E-state index in [4.69, 9.17) is 9.47 Å². The second-order valence-electron chi connectivity index (χ2n) is 3.87. The number of hydrogen-bond donors (Lipinski definition) is 1. The lowest BCUT2D eigenvalue weighted by Gasteiger charge is -2.21. The lowest BCUT2D eigenvalue weighted by molar-refractivity contribution is -0.117. The van der Waals surface area contributed by atoms with E-state index in [1.807, 2.05) is 13.8 Å². The summed E-state index contributed by atoms with van der Waals surface area (Å²) in [5.41, 5.74) is 1.38. The molecule has 1 heterocycles. The van der Waals surface area contributed by atoms with Crippen molar-refractivity contribution >= 4 is 5.91 Å². The molecule has 0 bridgehead atoms. The van der Waals surface area contributed by atoms with Gasteiger partial charge in [0.2, 0.25) is 0 Å². The Morgan fingerprint density at radius 3 is 2.47 bits per heavy atom. The molecular formula is C11H19N3O3. The van der Waals surface area contributed by atoms with Crippen molar-refractivity contribution in [2.45, 2.75) is 26.2 Å². The van der Waals surface area contributed by atoms with Crippen LogP contribution < -0.4 is 5.32 Å². The molecule has 0 fully saturated rings. The van der Waals surface area contributed by atoms with E-state index in [1.54, 1.807) is 17.9 Å². The van der Waals surface area contributed by atoms with Crippen LogP contribution in [0.5, 0.6) is 0 Å². The summed E-state index contributed by atoms with van der Waals surface area (Å²) < 4.78 is 11.8. The van der Waals surface area contributed by atoms with Crippen molar-refractivity contribution in [1.29, 1.82) is 0 Å².